The normalized spacial score (nSPS) is 33.2. The molecule has 23 heavy (non-hydrogen) atoms. The minimum absolute atomic E-state index is 0.213. The van der Waals surface area contributed by atoms with Gasteiger partial charge in [0.25, 0.3) is 0 Å². The van der Waals surface area contributed by atoms with Gasteiger partial charge in [-0.05, 0) is 13.3 Å². The maximum Gasteiger partial charge on any atom is 0.324 e. The van der Waals surface area contributed by atoms with Crippen LogP contribution in [0.5, 0.6) is 0 Å². The number of carbonyl (C=O) groups excluding carboxylic acids is 2. The third-order valence-electron chi connectivity index (χ3n) is 4.30. The van der Waals surface area contributed by atoms with Crippen LogP contribution >= 0.6 is 11.3 Å². The zero-order valence-electron chi connectivity index (χ0n) is 13.2. The molecule has 2 N–H and O–H groups in total. The van der Waals surface area contributed by atoms with E-state index in [1.807, 2.05) is 6.92 Å². The number of thiazole rings is 1. The Kier molecular flexibility index (Phi) is 4.05. The third kappa shape index (κ3) is 2.70. The van der Waals surface area contributed by atoms with Crippen molar-refractivity contribution in [3.8, 4) is 0 Å². The van der Waals surface area contributed by atoms with Crippen molar-refractivity contribution in [1.29, 1.82) is 0 Å². The van der Waals surface area contributed by atoms with E-state index in [-0.39, 0.29) is 12.8 Å². The number of ether oxygens (including phenoxy) is 3. The van der Waals surface area contributed by atoms with E-state index in [4.69, 9.17) is 19.9 Å². The van der Waals surface area contributed by atoms with E-state index in [9.17, 15) is 9.59 Å². The molecule has 0 unspecified atom stereocenters. The van der Waals surface area contributed by atoms with Gasteiger partial charge in [-0.1, -0.05) is 6.92 Å². The van der Waals surface area contributed by atoms with Gasteiger partial charge in [0.15, 0.2) is 16.1 Å². The summed E-state index contributed by atoms with van der Waals surface area (Å²) in [5, 5.41) is 2.15. The minimum atomic E-state index is -1.26. The van der Waals surface area contributed by atoms with E-state index in [1.165, 1.54) is 11.3 Å². The molecule has 1 aromatic rings. The molecule has 3 heterocycles. The van der Waals surface area contributed by atoms with Gasteiger partial charge in [-0.15, -0.1) is 11.3 Å². The Morgan fingerprint density at radius 3 is 2.91 bits per heavy atom. The zero-order valence-corrected chi connectivity index (χ0v) is 14.0. The summed E-state index contributed by atoms with van der Waals surface area (Å²) < 4.78 is 16.3. The Morgan fingerprint density at radius 2 is 2.26 bits per heavy atom. The maximum absolute atomic E-state index is 12.5. The predicted octanol–water partition coefficient (Wildman–Crippen LogP) is 1.62. The molecule has 1 spiro atoms. The summed E-state index contributed by atoms with van der Waals surface area (Å²) in [7, 11) is 0. The number of aromatic nitrogens is 1. The highest BCUT2D eigenvalue weighted by Crippen LogP contribution is 2.52. The lowest BCUT2D eigenvalue weighted by Gasteiger charge is -2.20. The van der Waals surface area contributed by atoms with Crippen molar-refractivity contribution in [2.24, 2.45) is 5.41 Å². The first-order chi connectivity index (χ1) is 10.9. The Morgan fingerprint density at radius 1 is 1.48 bits per heavy atom. The molecule has 0 amide bonds. The lowest BCUT2D eigenvalue weighted by atomic mass is 9.78. The molecule has 8 heteroatoms. The Bertz CT molecular complexity index is 633. The number of carbonyl (C=O) groups is 2. The molecular formula is C15H20N2O5S. The molecule has 2 aliphatic heterocycles. The highest BCUT2D eigenvalue weighted by molar-refractivity contribution is 7.13. The first-order valence-electron chi connectivity index (χ1n) is 7.63. The number of rotatable bonds is 5. The first kappa shape index (κ1) is 16.2. The van der Waals surface area contributed by atoms with Gasteiger partial charge < -0.3 is 19.9 Å². The molecule has 2 saturated heterocycles. The number of nitrogen functional groups attached to an aromatic ring is 1. The predicted molar refractivity (Wildman–Crippen MR) is 82.6 cm³/mol. The standard InChI is InChI=1S/C15H20N2O5S/c1-3-4-20-6-9-5-15(11(18)21-9)8-14(2,22-12(15)19)10-7-23-13(16)17-10/h7,9H,3-6,8H2,1-2H3,(H2,16,17)/t9-,14-,15-/m1/s1. The van der Waals surface area contributed by atoms with E-state index in [0.717, 1.165) is 6.42 Å². The number of anilines is 1. The molecule has 1 aromatic heterocycles. The van der Waals surface area contributed by atoms with Crippen molar-refractivity contribution in [1.82, 2.24) is 4.98 Å². The van der Waals surface area contributed by atoms with Crippen molar-refractivity contribution in [3.63, 3.8) is 0 Å². The Balaban J connectivity index is 1.77. The molecular weight excluding hydrogens is 320 g/mol. The molecule has 0 bridgehead atoms. The summed E-state index contributed by atoms with van der Waals surface area (Å²) >= 11 is 1.28. The molecule has 0 saturated carbocycles. The van der Waals surface area contributed by atoms with Crippen molar-refractivity contribution >= 4 is 28.4 Å². The van der Waals surface area contributed by atoms with Crippen molar-refractivity contribution < 1.29 is 23.8 Å². The van der Waals surface area contributed by atoms with Crippen LogP contribution in [0.3, 0.4) is 0 Å². The van der Waals surface area contributed by atoms with Gasteiger partial charge >= 0.3 is 11.9 Å². The van der Waals surface area contributed by atoms with E-state index in [0.29, 0.717) is 24.0 Å². The average Bonchev–Trinajstić information content (AvgIpc) is 3.11. The van der Waals surface area contributed by atoms with Crippen LogP contribution in [0, 0.1) is 5.41 Å². The molecule has 0 aromatic carbocycles. The molecule has 3 atom stereocenters. The fourth-order valence-corrected chi connectivity index (χ4v) is 3.89. The summed E-state index contributed by atoms with van der Waals surface area (Å²) in [6, 6.07) is 0. The third-order valence-corrected chi connectivity index (χ3v) is 4.98. The van der Waals surface area contributed by atoms with Crippen molar-refractivity contribution in [2.45, 2.75) is 44.8 Å². The van der Waals surface area contributed by atoms with Crippen LogP contribution < -0.4 is 5.73 Å². The van der Waals surface area contributed by atoms with E-state index >= 15 is 0 Å². The van der Waals surface area contributed by atoms with Crippen LogP contribution in [0.25, 0.3) is 0 Å². The molecule has 2 fully saturated rings. The summed E-state index contributed by atoms with van der Waals surface area (Å²) in [5.74, 6) is -1.07. The zero-order chi connectivity index (χ0) is 16.7. The second kappa shape index (κ2) is 5.76. The molecule has 0 aliphatic carbocycles. The fourth-order valence-electron chi connectivity index (χ4n) is 3.20. The number of nitrogens with zero attached hydrogens (tertiary/aromatic N) is 1. The topological polar surface area (TPSA) is 101 Å². The monoisotopic (exact) mass is 340 g/mol. The highest BCUT2D eigenvalue weighted by atomic mass is 32.1. The number of nitrogens with two attached hydrogens (primary N) is 1. The number of hydrogen-bond donors (Lipinski definition) is 1. The van der Waals surface area contributed by atoms with Crippen LogP contribution in [-0.4, -0.2) is 36.2 Å². The van der Waals surface area contributed by atoms with E-state index < -0.39 is 29.1 Å². The number of hydrogen-bond acceptors (Lipinski definition) is 8. The number of cyclic esters (lactones) is 2. The van der Waals surface area contributed by atoms with E-state index in [2.05, 4.69) is 4.98 Å². The van der Waals surface area contributed by atoms with Crippen LogP contribution in [0.2, 0.25) is 0 Å². The Labute approximate surface area is 138 Å². The molecule has 0 radical (unpaired) electrons. The molecule has 2 aliphatic rings. The van der Waals surface area contributed by atoms with Gasteiger partial charge in [-0.25, -0.2) is 4.98 Å². The second-order valence-electron chi connectivity index (χ2n) is 6.26. The van der Waals surface area contributed by atoms with Gasteiger partial charge in [0.1, 0.15) is 6.10 Å². The quantitative estimate of drug-likeness (QED) is 0.494. The molecule has 3 rings (SSSR count). The van der Waals surface area contributed by atoms with Crippen molar-refractivity contribution in [2.75, 3.05) is 18.9 Å². The second-order valence-corrected chi connectivity index (χ2v) is 7.15. The Hall–Kier alpha value is -1.67. The lowest BCUT2D eigenvalue weighted by molar-refractivity contribution is -0.160. The van der Waals surface area contributed by atoms with E-state index in [1.54, 1.807) is 12.3 Å². The maximum atomic E-state index is 12.5. The SMILES string of the molecule is CCCOC[C@H]1C[C@@]2(C[C@](C)(c3csc(N)n3)OC2=O)C(=O)O1. The summed E-state index contributed by atoms with van der Waals surface area (Å²) in [6.45, 7) is 4.65. The fraction of sp³-hybridized carbons (Fsp3) is 0.667. The van der Waals surface area contributed by atoms with Crippen molar-refractivity contribution in [3.05, 3.63) is 11.1 Å². The average molecular weight is 340 g/mol. The largest absolute Gasteiger partial charge is 0.459 e. The van der Waals surface area contributed by atoms with Gasteiger partial charge in [0.2, 0.25) is 0 Å². The highest BCUT2D eigenvalue weighted by Gasteiger charge is 2.65. The molecule has 126 valence electrons. The number of esters is 2. The smallest absolute Gasteiger partial charge is 0.324 e. The van der Waals surface area contributed by atoms with Gasteiger partial charge in [-0.3, -0.25) is 9.59 Å². The molecule has 7 nitrogen and oxygen atoms in total. The minimum Gasteiger partial charge on any atom is -0.459 e. The van der Waals surface area contributed by atoms with Crippen LogP contribution in [0.15, 0.2) is 5.38 Å². The summed E-state index contributed by atoms with van der Waals surface area (Å²) in [4.78, 5) is 29.0. The summed E-state index contributed by atoms with van der Waals surface area (Å²) in [6.07, 6.45) is 0.968. The van der Waals surface area contributed by atoms with Crippen LogP contribution in [0.4, 0.5) is 5.13 Å². The first-order valence-corrected chi connectivity index (χ1v) is 8.51. The summed E-state index contributed by atoms with van der Waals surface area (Å²) in [5.41, 5.74) is 4.02. The van der Waals surface area contributed by atoms with Gasteiger partial charge in [0, 0.05) is 24.8 Å². The van der Waals surface area contributed by atoms with Gasteiger partial charge in [-0.2, -0.15) is 0 Å². The van der Waals surface area contributed by atoms with Gasteiger partial charge in [0.05, 0.1) is 12.3 Å². The van der Waals surface area contributed by atoms with Crippen LogP contribution in [0.1, 0.15) is 38.8 Å². The van der Waals surface area contributed by atoms with Crippen LogP contribution in [-0.2, 0) is 29.4 Å². The lowest BCUT2D eigenvalue weighted by Crippen LogP contribution is -2.32.